The molecule has 1 aromatic heterocycles. The molecule has 2 N–H and O–H groups in total. The summed E-state index contributed by atoms with van der Waals surface area (Å²) >= 11 is 1.53. The molecule has 1 heterocycles. The number of nitrogens with zero attached hydrogens (tertiary/aromatic N) is 1. The number of nitrogens with one attached hydrogen (secondary N) is 2. The van der Waals surface area contributed by atoms with Gasteiger partial charge in [0.05, 0.1) is 10.2 Å². The predicted molar refractivity (Wildman–Crippen MR) is 97.1 cm³/mol. The average Bonchev–Trinajstić information content (AvgIpc) is 3.03. The van der Waals surface area contributed by atoms with Gasteiger partial charge in [-0.05, 0) is 42.5 Å². The molecule has 6 heteroatoms. The number of amides is 2. The van der Waals surface area contributed by atoms with Crippen LogP contribution in [0.1, 0.15) is 15.4 Å². The first-order chi connectivity index (χ1) is 11.7. The predicted octanol–water partition coefficient (Wildman–Crippen LogP) is 3.31. The Morgan fingerprint density at radius 2 is 1.83 bits per heavy atom. The Labute approximate surface area is 143 Å². The summed E-state index contributed by atoms with van der Waals surface area (Å²) in [6.07, 6.45) is 3.14. The molecule has 0 atom stereocenters. The Morgan fingerprint density at radius 1 is 1.08 bits per heavy atom. The van der Waals surface area contributed by atoms with E-state index in [4.69, 9.17) is 0 Å². The molecular weight excluding hydrogens is 322 g/mol. The number of para-hydroxylation sites is 1. The molecule has 2 amide bonds. The van der Waals surface area contributed by atoms with E-state index in [1.807, 2.05) is 24.3 Å². The van der Waals surface area contributed by atoms with E-state index in [-0.39, 0.29) is 11.8 Å². The first-order valence-electron chi connectivity index (χ1n) is 7.32. The highest BCUT2D eigenvalue weighted by molar-refractivity contribution is 7.19. The Hall–Kier alpha value is -2.99. The van der Waals surface area contributed by atoms with Crippen LogP contribution in [0.5, 0.6) is 0 Å². The Morgan fingerprint density at radius 3 is 2.54 bits per heavy atom. The molecule has 0 fully saturated rings. The van der Waals surface area contributed by atoms with Crippen molar-refractivity contribution >= 4 is 45.1 Å². The van der Waals surface area contributed by atoms with Crippen molar-refractivity contribution in [2.45, 2.75) is 0 Å². The summed E-state index contributed by atoms with van der Waals surface area (Å²) in [5, 5.41) is 6.08. The van der Waals surface area contributed by atoms with Gasteiger partial charge >= 0.3 is 0 Å². The summed E-state index contributed by atoms with van der Waals surface area (Å²) in [6, 6.07) is 14.5. The van der Waals surface area contributed by atoms with Crippen LogP contribution in [0.3, 0.4) is 0 Å². The van der Waals surface area contributed by atoms with Gasteiger partial charge in [0.2, 0.25) is 5.91 Å². The van der Waals surface area contributed by atoms with Crippen LogP contribution in [-0.2, 0) is 4.79 Å². The number of benzene rings is 2. The summed E-state index contributed by atoms with van der Waals surface area (Å²) < 4.78 is 1.09. The van der Waals surface area contributed by atoms with Gasteiger partial charge in [-0.1, -0.05) is 12.1 Å². The molecule has 2 aromatic carbocycles. The van der Waals surface area contributed by atoms with Gasteiger partial charge in [0.25, 0.3) is 5.91 Å². The molecular formula is C18H15N3O2S. The second kappa shape index (κ2) is 7.06. The molecule has 5 nitrogen and oxygen atoms in total. The van der Waals surface area contributed by atoms with E-state index in [0.29, 0.717) is 11.3 Å². The van der Waals surface area contributed by atoms with Gasteiger partial charge in [0.1, 0.15) is 5.01 Å². The van der Waals surface area contributed by atoms with E-state index in [1.165, 1.54) is 17.4 Å². The van der Waals surface area contributed by atoms with E-state index in [2.05, 4.69) is 15.6 Å². The van der Waals surface area contributed by atoms with Crippen LogP contribution >= 0.6 is 11.3 Å². The second-order valence-electron chi connectivity index (χ2n) is 5.00. The summed E-state index contributed by atoms with van der Waals surface area (Å²) in [4.78, 5) is 27.9. The monoisotopic (exact) mass is 337 g/mol. The van der Waals surface area contributed by atoms with Crippen molar-refractivity contribution in [2.24, 2.45) is 0 Å². The van der Waals surface area contributed by atoms with Gasteiger partial charge in [-0.2, -0.15) is 0 Å². The first-order valence-corrected chi connectivity index (χ1v) is 8.14. The smallest absolute Gasteiger partial charge is 0.251 e. The third kappa shape index (κ3) is 3.67. The van der Waals surface area contributed by atoms with Gasteiger partial charge in [-0.15, -0.1) is 11.3 Å². The number of hydrogen-bond donors (Lipinski definition) is 2. The van der Waals surface area contributed by atoms with Crippen LogP contribution in [0, 0.1) is 0 Å². The minimum Gasteiger partial charge on any atom is -0.355 e. The highest BCUT2D eigenvalue weighted by atomic mass is 32.1. The molecule has 3 aromatic rings. The number of thiazole rings is 1. The zero-order valence-corrected chi connectivity index (χ0v) is 13.8. The zero-order valence-electron chi connectivity index (χ0n) is 12.9. The minimum absolute atomic E-state index is 0.163. The molecule has 0 unspecified atom stereocenters. The topological polar surface area (TPSA) is 71.1 Å². The van der Waals surface area contributed by atoms with Crippen LogP contribution in [0.25, 0.3) is 16.3 Å². The summed E-state index contributed by atoms with van der Waals surface area (Å²) in [7, 11) is 1.57. The standard InChI is InChI=1S/C18H15N3O2S/c1-19-18(23)12-6-8-13(9-7-12)20-16(22)10-11-17-21-14-4-2-3-5-15(14)24-17/h2-11H,1H3,(H,19,23)(H,20,22)/b11-10+. The van der Waals surface area contributed by atoms with Crippen LogP contribution < -0.4 is 10.6 Å². The molecule has 0 aliphatic carbocycles. The maximum absolute atomic E-state index is 12.0. The SMILES string of the molecule is CNC(=O)c1ccc(NC(=O)/C=C/c2nc3ccccc3s2)cc1. The number of hydrogen-bond acceptors (Lipinski definition) is 4. The van der Waals surface area contributed by atoms with E-state index >= 15 is 0 Å². The van der Waals surface area contributed by atoms with Crippen LogP contribution in [0.4, 0.5) is 5.69 Å². The summed E-state index contributed by atoms with van der Waals surface area (Å²) in [5.74, 6) is -0.412. The third-order valence-electron chi connectivity index (χ3n) is 3.33. The van der Waals surface area contributed by atoms with Crippen LogP contribution in [0.15, 0.2) is 54.6 Å². The normalized spacial score (nSPS) is 10.9. The fraction of sp³-hybridized carbons (Fsp3) is 0.0556. The van der Waals surface area contributed by atoms with Crippen molar-refractivity contribution in [3.63, 3.8) is 0 Å². The second-order valence-corrected chi connectivity index (χ2v) is 6.06. The number of anilines is 1. The fourth-order valence-corrected chi connectivity index (χ4v) is 3.01. The van der Waals surface area contributed by atoms with Gasteiger partial charge < -0.3 is 10.6 Å². The lowest BCUT2D eigenvalue weighted by atomic mass is 10.2. The quantitative estimate of drug-likeness (QED) is 0.718. The van der Waals surface area contributed by atoms with Crippen molar-refractivity contribution < 1.29 is 9.59 Å². The maximum atomic E-state index is 12.0. The molecule has 0 bridgehead atoms. The van der Waals surface area contributed by atoms with Gasteiger partial charge in [0, 0.05) is 24.4 Å². The average molecular weight is 337 g/mol. The lowest BCUT2D eigenvalue weighted by molar-refractivity contribution is -0.111. The number of aromatic nitrogens is 1. The number of carbonyl (C=O) groups excluding carboxylic acids is 2. The highest BCUT2D eigenvalue weighted by Gasteiger charge is 2.04. The van der Waals surface area contributed by atoms with Crippen LogP contribution in [-0.4, -0.2) is 23.8 Å². The minimum atomic E-state index is -0.248. The van der Waals surface area contributed by atoms with Gasteiger partial charge in [-0.25, -0.2) is 4.98 Å². The molecule has 0 radical (unpaired) electrons. The van der Waals surface area contributed by atoms with Crippen molar-refractivity contribution in [3.05, 3.63) is 65.2 Å². The molecule has 120 valence electrons. The molecule has 0 saturated heterocycles. The largest absolute Gasteiger partial charge is 0.355 e. The number of rotatable bonds is 4. The molecule has 0 spiro atoms. The lowest BCUT2D eigenvalue weighted by Gasteiger charge is -2.03. The molecule has 0 saturated carbocycles. The van der Waals surface area contributed by atoms with E-state index in [0.717, 1.165) is 15.2 Å². The van der Waals surface area contributed by atoms with Crippen molar-refractivity contribution in [2.75, 3.05) is 12.4 Å². The van der Waals surface area contributed by atoms with Gasteiger partial charge in [-0.3, -0.25) is 9.59 Å². The number of fused-ring (bicyclic) bond motifs is 1. The highest BCUT2D eigenvalue weighted by Crippen LogP contribution is 2.22. The number of carbonyl (C=O) groups is 2. The van der Waals surface area contributed by atoms with E-state index < -0.39 is 0 Å². The Bertz CT molecular complexity index is 880. The van der Waals surface area contributed by atoms with Crippen molar-refractivity contribution in [1.82, 2.24) is 10.3 Å². The fourth-order valence-electron chi connectivity index (χ4n) is 2.14. The van der Waals surface area contributed by atoms with Crippen molar-refractivity contribution in [1.29, 1.82) is 0 Å². The molecule has 0 aliphatic heterocycles. The Balaban J connectivity index is 1.65. The van der Waals surface area contributed by atoms with Crippen LogP contribution in [0.2, 0.25) is 0 Å². The van der Waals surface area contributed by atoms with Crippen molar-refractivity contribution in [3.8, 4) is 0 Å². The molecule has 24 heavy (non-hydrogen) atoms. The maximum Gasteiger partial charge on any atom is 0.251 e. The molecule has 0 aliphatic rings. The third-order valence-corrected chi connectivity index (χ3v) is 4.33. The Kier molecular flexibility index (Phi) is 4.67. The van der Waals surface area contributed by atoms with E-state index in [9.17, 15) is 9.59 Å². The zero-order chi connectivity index (χ0) is 16.9. The van der Waals surface area contributed by atoms with E-state index in [1.54, 1.807) is 37.4 Å². The summed E-state index contributed by atoms with van der Waals surface area (Å²) in [6.45, 7) is 0. The van der Waals surface area contributed by atoms with Gasteiger partial charge in [0.15, 0.2) is 0 Å². The lowest BCUT2D eigenvalue weighted by Crippen LogP contribution is -2.17. The first kappa shape index (κ1) is 15.9. The molecule has 3 rings (SSSR count). The summed E-state index contributed by atoms with van der Waals surface area (Å²) in [5.41, 5.74) is 2.09.